The first-order chi connectivity index (χ1) is 12.0. The smallest absolute Gasteiger partial charge is 0.328 e. The molecule has 3 atom stereocenters. The number of aliphatic carboxylic acids is 2. The van der Waals surface area contributed by atoms with Crippen LogP contribution in [0.2, 0.25) is 0 Å². The van der Waals surface area contributed by atoms with E-state index < -0.39 is 67.4 Å². The van der Waals surface area contributed by atoms with Gasteiger partial charge in [0.25, 0.3) is 0 Å². The Morgan fingerprint density at radius 2 is 1.54 bits per heavy atom. The number of hydrogen-bond donors (Lipinski definition) is 7. The second-order valence-electron chi connectivity index (χ2n) is 5.79. The Balaban J connectivity index is 4.79. The largest absolute Gasteiger partial charge is 0.481 e. The third-order valence-corrected chi connectivity index (χ3v) is 3.27. The van der Waals surface area contributed by atoms with Crippen molar-refractivity contribution in [1.82, 2.24) is 16.0 Å². The number of rotatable bonds is 11. The fraction of sp³-hybridized carbons (Fsp3) is 0.643. The summed E-state index contributed by atoms with van der Waals surface area (Å²) in [5.74, 6) is -5.68. The summed E-state index contributed by atoms with van der Waals surface area (Å²) in [6.45, 7) is 1.81. The summed E-state index contributed by atoms with van der Waals surface area (Å²) in [4.78, 5) is 57.0. The first kappa shape index (κ1) is 23.3. The molecule has 0 fully saturated rings. The Kier molecular flexibility index (Phi) is 9.84. The predicted molar refractivity (Wildman–Crippen MR) is 86.7 cm³/mol. The molecule has 0 aromatic carbocycles. The van der Waals surface area contributed by atoms with Gasteiger partial charge in [0.15, 0.2) is 0 Å². The zero-order chi connectivity index (χ0) is 20.4. The molecule has 12 heteroatoms. The summed E-state index contributed by atoms with van der Waals surface area (Å²) in [7, 11) is 0. The number of carboxylic acid groups (broad SMARTS) is 2. The lowest BCUT2D eigenvalue weighted by molar-refractivity contribution is -0.143. The van der Waals surface area contributed by atoms with E-state index in [9.17, 15) is 24.0 Å². The van der Waals surface area contributed by atoms with Crippen molar-refractivity contribution in [3.63, 3.8) is 0 Å². The Hall–Kier alpha value is -2.73. The summed E-state index contributed by atoms with van der Waals surface area (Å²) in [5, 5.41) is 32.6. The van der Waals surface area contributed by atoms with Crippen molar-refractivity contribution >= 4 is 29.7 Å². The number of nitrogens with two attached hydrogens (primary N) is 1. The second kappa shape index (κ2) is 11.0. The van der Waals surface area contributed by atoms with Crippen LogP contribution < -0.4 is 21.7 Å². The molecule has 3 unspecified atom stereocenters. The summed E-state index contributed by atoms with van der Waals surface area (Å²) >= 11 is 0. The van der Waals surface area contributed by atoms with Crippen LogP contribution >= 0.6 is 0 Å². The number of aliphatic hydroxyl groups excluding tert-OH is 1. The van der Waals surface area contributed by atoms with Crippen LogP contribution in [-0.2, 0) is 24.0 Å². The van der Waals surface area contributed by atoms with Crippen LogP contribution in [0.4, 0.5) is 0 Å². The highest BCUT2D eigenvalue weighted by molar-refractivity contribution is 5.94. The molecule has 8 N–H and O–H groups in total. The van der Waals surface area contributed by atoms with E-state index in [-0.39, 0.29) is 5.92 Å². The Labute approximate surface area is 149 Å². The Morgan fingerprint density at radius 1 is 0.962 bits per heavy atom. The van der Waals surface area contributed by atoms with Gasteiger partial charge < -0.3 is 37.0 Å². The highest BCUT2D eigenvalue weighted by atomic mass is 16.4. The minimum Gasteiger partial charge on any atom is -0.481 e. The maximum Gasteiger partial charge on any atom is 0.328 e. The van der Waals surface area contributed by atoms with Crippen molar-refractivity contribution in [1.29, 1.82) is 0 Å². The monoisotopic (exact) mass is 376 g/mol. The normalized spacial score (nSPS) is 14.0. The van der Waals surface area contributed by atoms with Gasteiger partial charge in [-0.05, 0) is 5.92 Å². The van der Waals surface area contributed by atoms with E-state index in [1.807, 2.05) is 5.32 Å². The number of carbonyl (C=O) groups excluding carboxylic acids is 3. The molecule has 0 aromatic heterocycles. The van der Waals surface area contributed by atoms with Gasteiger partial charge >= 0.3 is 11.9 Å². The van der Waals surface area contributed by atoms with Crippen molar-refractivity contribution in [2.45, 2.75) is 38.4 Å². The fourth-order valence-corrected chi connectivity index (χ4v) is 1.68. The molecule has 0 aromatic rings. The number of carbonyl (C=O) groups is 5. The van der Waals surface area contributed by atoms with Gasteiger partial charge in [-0.15, -0.1) is 0 Å². The van der Waals surface area contributed by atoms with Gasteiger partial charge in [-0.1, -0.05) is 13.8 Å². The summed E-state index contributed by atoms with van der Waals surface area (Å²) in [5.41, 5.74) is 5.63. The van der Waals surface area contributed by atoms with Gasteiger partial charge in [0.05, 0.1) is 25.6 Å². The van der Waals surface area contributed by atoms with E-state index in [0.29, 0.717) is 0 Å². The van der Waals surface area contributed by atoms with Gasteiger partial charge in [-0.25, -0.2) is 4.79 Å². The third kappa shape index (κ3) is 8.39. The molecule has 0 aliphatic rings. The summed E-state index contributed by atoms with van der Waals surface area (Å²) in [6, 6.07) is -3.97. The molecule has 0 radical (unpaired) electrons. The minimum absolute atomic E-state index is 0.249. The maximum absolute atomic E-state index is 12.0. The second-order valence-corrected chi connectivity index (χ2v) is 5.79. The zero-order valence-electron chi connectivity index (χ0n) is 14.4. The number of hydrogen-bond acceptors (Lipinski definition) is 7. The van der Waals surface area contributed by atoms with Crippen LogP contribution in [-0.4, -0.2) is 76.3 Å². The van der Waals surface area contributed by atoms with Crippen LogP contribution in [0.5, 0.6) is 0 Å². The average molecular weight is 376 g/mol. The Bertz CT molecular complexity index is 551. The lowest BCUT2D eigenvalue weighted by Crippen LogP contribution is -2.55. The van der Waals surface area contributed by atoms with Crippen molar-refractivity contribution in [2.24, 2.45) is 11.7 Å². The minimum atomic E-state index is -1.54. The SMILES string of the molecule is CC(C)C(N)C(=O)NC(CC(=O)O)C(=O)NCC(=O)NC(CO)C(=O)O. The van der Waals surface area contributed by atoms with Crippen LogP contribution in [0, 0.1) is 5.92 Å². The van der Waals surface area contributed by atoms with Gasteiger partial charge in [0.2, 0.25) is 17.7 Å². The maximum atomic E-state index is 12.0. The highest BCUT2D eigenvalue weighted by Gasteiger charge is 2.27. The van der Waals surface area contributed by atoms with E-state index in [1.165, 1.54) is 0 Å². The zero-order valence-corrected chi connectivity index (χ0v) is 14.4. The molecule has 148 valence electrons. The molecular weight excluding hydrogens is 352 g/mol. The molecule has 0 rings (SSSR count). The molecule has 0 aliphatic carbocycles. The summed E-state index contributed by atoms with van der Waals surface area (Å²) in [6.07, 6.45) is -0.738. The van der Waals surface area contributed by atoms with Crippen LogP contribution in [0.15, 0.2) is 0 Å². The lowest BCUT2D eigenvalue weighted by Gasteiger charge is -2.21. The van der Waals surface area contributed by atoms with Gasteiger partial charge in [0.1, 0.15) is 12.1 Å². The van der Waals surface area contributed by atoms with Crippen LogP contribution in [0.25, 0.3) is 0 Å². The highest BCUT2D eigenvalue weighted by Crippen LogP contribution is 2.01. The number of nitrogens with one attached hydrogen (secondary N) is 3. The molecule has 0 saturated carbocycles. The fourth-order valence-electron chi connectivity index (χ4n) is 1.68. The van der Waals surface area contributed by atoms with Crippen molar-refractivity contribution < 1.29 is 39.3 Å². The molecule has 0 aliphatic heterocycles. The molecule has 3 amide bonds. The number of carboxylic acids is 2. The van der Waals surface area contributed by atoms with Crippen molar-refractivity contribution in [3.8, 4) is 0 Å². The van der Waals surface area contributed by atoms with Gasteiger partial charge in [-0.3, -0.25) is 19.2 Å². The summed E-state index contributed by atoms with van der Waals surface area (Å²) < 4.78 is 0. The van der Waals surface area contributed by atoms with Gasteiger partial charge in [-0.2, -0.15) is 0 Å². The van der Waals surface area contributed by atoms with Crippen molar-refractivity contribution in [3.05, 3.63) is 0 Å². The predicted octanol–water partition coefficient (Wildman–Crippen LogP) is -3.39. The van der Waals surface area contributed by atoms with E-state index in [4.69, 9.17) is 21.1 Å². The molecule has 0 heterocycles. The first-order valence-corrected chi connectivity index (χ1v) is 7.68. The number of aliphatic hydroxyl groups is 1. The van der Waals surface area contributed by atoms with E-state index in [1.54, 1.807) is 13.8 Å². The van der Waals surface area contributed by atoms with E-state index >= 15 is 0 Å². The first-order valence-electron chi connectivity index (χ1n) is 7.68. The Morgan fingerprint density at radius 3 is 1.96 bits per heavy atom. The third-order valence-electron chi connectivity index (χ3n) is 3.27. The molecule has 0 bridgehead atoms. The molecular formula is C14H24N4O8. The lowest BCUT2D eigenvalue weighted by atomic mass is 10.0. The quantitative estimate of drug-likeness (QED) is 0.191. The molecule has 0 saturated heterocycles. The van der Waals surface area contributed by atoms with Crippen LogP contribution in [0.1, 0.15) is 20.3 Å². The molecule has 26 heavy (non-hydrogen) atoms. The average Bonchev–Trinajstić information content (AvgIpc) is 2.55. The van der Waals surface area contributed by atoms with Gasteiger partial charge in [0, 0.05) is 0 Å². The van der Waals surface area contributed by atoms with E-state index in [2.05, 4.69) is 10.6 Å². The standard InChI is InChI=1S/C14H24N4O8/c1-6(2)11(15)13(24)18-7(3-10(21)22)12(23)16-4-9(20)17-8(5-19)14(25)26/h6-8,11,19H,3-5,15H2,1-2H3,(H,16,23)(H,17,20)(H,18,24)(H,21,22)(H,25,26). The molecule has 12 nitrogen and oxygen atoms in total. The topological polar surface area (TPSA) is 208 Å². The van der Waals surface area contributed by atoms with Crippen molar-refractivity contribution in [2.75, 3.05) is 13.2 Å². The van der Waals surface area contributed by atoms with E-state index in [0.717, 1.165) is 0 Å². The van der Waals surface area contributed by atoms with Crippen LogP contribution in [0.3, 0.4) is 0 Å². The number of amides is 3. The molecule has 0 spiro atoms.